The van der Waals surface area contributed by atoms with Gasteiger partial charge in [0.2, 0.25) is 11.8 Å². The van der Waals surface area contributed by atoms with Gasteiger partial charge >= 0.3 is 6.01 Å². The van der Waals surface area contributed by atoms with Crippen molar-refractivity contribution in [3.63, 3.8) is 0 Å². The van der Waals surface area contributed by atoms with Crippen LogP contribution in [0.4, 0.5) is 11.7 Å². The molecule has 4 rings (SSSR count). The van der Waals surface area contributed by atoms with Crippen LogP contribution in [0.1, 0.15) is 28.6 Å². The molecule has 1 aliphatic rings. The third-order valence-corrected chi connectivity index (χ3v) is 5.62. The average Bonchev–Trinajstić information content (AvgIpc) is 3.35. The van der Waals surface area contributed by atoms with E-state index in [0.29, 0.717) is 23.0 Å². The van der Waals surface area contributed by atoms with Gasteiger partial charge in [-0.05, 0) is 54.8 Å². The van der Waals surface area contributed by atoms with E-state index >= 15 is 0 Å². The fraction of sp³-hybridized carbons (Fsp3) is 0.200. The number of carbonyl (C=O) groups excluding carboxylic acids is 2. The second-order valence-electron chi connectivity index (χ2n) is 6.51. The van der Waals surface area contributed by atoms with Crippen molar-refractivity contribution in [2.24, 2.45) is 0 Å². The van der Waals surface area contributed by atoms with Gasteiger partial charge in [-0.25, -0.2) is 0 Å². The van der Waals surface area contributed by atoms with Crippen LogP contribution in [0.15, 0.2) is 57.8 Å². The highest BCUT2D eigenvalue weighted by Crippen LogP contribution is 2.32. The van der Waals surface area contributed by atoms with Crippen LogP contribution in [0, 0.1) is 0 Å². The lowest BCUT2D eigenvalue weighted by Crippen LogP contribution is -2.24. The zero-order valence-corrected chi connectivity index (χ0v) is 17.0. The molecule has 1 aliphatic heterocycles. The van der Waals surface area contributed by atoms with E-state index in [2.05, 4.69) is 15.5 Å². The molecule has 0 spiro atoms. The number of hydrogen-bond acceptors (Lipinski definition) is 6. The maximum absolute atomic E-state index is 12.5. The Hall–Kier alpha value is -2.84. The number of amides is 2. The molecule has 3 aromatic rings. The molecule has 2 heterocycles. The Labute approximate surface area is 176 Å². The van der Waals surface area contributed by atoms with Gasteiger partial charge in [-0.3, -0.25) is 14.9 Å². The minimum absolute atomic E-state index is 0.00292. The molecule has 9 heteroatoms. The zero-order chi connectivity index (χ0) is 20.4. The van der Waals surface area contributed by atoms with Gasteiger partial charge in [-0.1, -0.05) is 16.7 Å². The number of thioether (sulfide) groups is 1. The quantitative estimate of drug-likeness (QED) is 0.612. The minimum Gasteiger partial charge on any atom is -0.407 e. The van der Waals surface area contributed by atoms with Gasteiger partial charge < -0.3 is 9.32 Å². The largest absolute Gasteiger partial charge is 0.407 e. The fourth-order valence-corrected chi connectivity index (χ4v) is 3.64. The molecular formula is C20H17ClN4O3S. The lowest BCUT2D eigenvalue weighted by Gasteiger charge is -2.16. The molecule has 148 valence electrons. The summed E-state index contributed by atoms with van der Waals surface area (Å²) in [7, 11) is 0. The molecule has 7 nitrogen and oxygen atoms in total. The number of hydrogen-bond donors (Lipinski definition) is 1. The van der Waals surface area contributed by atoms with Crippen molar-refractivity contribution in [2.45, 2.75) is 17.2 Å². The third kappa shape index (κ3) is 4.28. The van der Waals surface area contributed by atoms with Gasteiger partial charge in [0.1, 0.15) is 0 Å². The molecule has 29 heavy (non-hydrogen) atoms. The summed E-state index contributed by atoms with van der Waals surface area (Å²) >= 11 is 7.48. The molecule has 0 unspecified atom stereocenters. The van der Waals surface area contributed by atoms with Gasteiger partial charge in [-0.2, -0.15) is 0 Å². The number of aromatic nitrogens is 2. The van der Waals surface area contributed by atoms with Crippen molar-refractivity contribution in [3.8, 4) is 0 Å². The number of rotatable bonds is 5. The summed E-state index contributed by atoms with van der Waals surface area (Å²) in [5.41, 5.74) is 1.26. The molecule has 1 saturated heterocycles. The average molecular weight is 429 g/mol. The van der Waals surface area contributed by atoms with E-state index in [9.17, 15) is 9.59 Å². The molecule has 0 aliphatic carbocycles. The van der Waals surface area contributed by atoms with Crippen LogP contribution < -0.4 is 10.2 Å². The van der Waals surface area contributed by atoms with Crippen LogP contribution in [-0.2, 0) is 4.79 Å². The molecule has 2 amide bonds. The molecule has 0 bridgehead atoms. The van der Waals surface area contributed by atoms with Gasteiger partial charge in [0.05, 0.1) is 5.92 Å². The summed E-state index contributed by atoms with van der Waals surface area (Å²) < 4.78 is 5.59. The molecule has 0 saturated carbocycles. The maximum atomic E-state index is 12.5. The number of nitrogens with zero attached hydrogens (tertiary/aromatic N) is 3. The van der Waals surface area contributed by atoms with Crippen LogP contribution >= 0.6 is 23.4 Å². The molecule has 0 radical (unpaired) electrons. The van der Waals surface area contributed by atoms with Crippen molar-refractivity contribution in [2.75, 3.05) is 23.0 Å². The van der Waals surface area contributed by atoms with E-state index in [4.69, 9.17) is 16.0 Å². The fourth-order valence-electron chi connectivity index (χ4n) is 3.11. The summed E-state index contributed by atoms with van der Waals surface area (Å²) in [6.45, 7) is 0.449. The van der Waals surface area contributed by atoms with Gasteiger partial charge in [0.25, 0.3) is 5.91 Å². The van der Waals surface area contributed by atoms with Gasteiger partial charge in [0, 0.05) is 34.1 Å². The minimum atomic E-state index is -0.380. The molecule has 1 atom stereocenters. The van der Waals surface area contributed by atoms with Crippen molar-refractivity contribution >= 4 is 46.9 Å². The lowest BCUT2D eigenvalue weighted by atomic mass is 10.1. The SMILES string of the molecule is CSc1ccc(N2C[C@@H](c3nnc(NC(=O)c4ccc(Cl)cc4)o3)CC2=O)cc1. The summed E-state index contributed by atoms with van der Waals surface area (Å²) in [5, 5.41) is 11.0. The molecule has 1 fully saturated rings. The smallest absolute Gasteiger partial charge is 0.322 e. The van der Waals surface area contributed by atoms with E-state index in [1.807, 2.05) is 30.5 Å². The molecular weight excluding hydrogens is 412 g/mol. The molecule has 2 aromatic carbocycles. The standard InChI is InChI=1S/C20H17ClN4O3S/c1-29-16-8-6-15(7-9-16)25-11-13(10-17(25)26)19-23-24-20(28-19)22-18(27)12-2-4-14(21)5-3-12/h2-9,13H,10-11H2,1H3,(H,22,24,27)/t13-/m0/s1. The second kappa shape index (κ2) is 8.26. The van der Waals surface area contributed by atoms with E-state index in [0.717, 1.165) is 10.6 Å². The van der Waals surface area contributed by atoms with E-state index in [1.54, 1.807) is 40.9 Å². The Balaban J connectivity index is 1.43. The zero-order valence-electron chi connectivity index (χ0n) is 15.5. The predicted octanol–water partition coefficient (Wildman–Crippen LogP) is 4.22. The number of carbonyl (C=O) groups is 2. The van der Waals surface area contributed by atoms with Crippen LogP contribution in [0.2, 0.25) is 5.02 Å². The van der Waals surface area contributed by atoms with Crippen LogP contribution in [-0.4, -0.2) is 34.8 Å². The van der Waals surface area contributed by atoms with E-state index < -0.39 is 0 Å². The van der Waals surface area contributed by atoms with Crippen molar-refractivity contribution in [1.82, 2.24) is 10.2 Å². The van der Waals surface area contributed by atoms with E-state index in [-0.39, 0.29) is 30.2 Å². The normalized spacial score (nSPS) is 16.3. The highest BCUT2D eigenvalue weighted by Gasteiger charge is 2.35. The third-order valence-electron chi connectivity index (χ3n) is 4.63. The Morgan fingerprint density at radius 1 is 1.17 bits per heavy atom. The second-order valence-corrected chi connectivity index (χ2v) is 7.83. The topological polar surface area (TPSA) is 88.3 Å². The Bertz CT molecular complexity index is 1040. The van der Waals surface area contributed by atoms with Crippen molar-refractivity contribution in [3.05, 3.63) is 65.0 Å². The summed E-state index contributed by atoms with van der Waals surface area (Å²) in [6.07, 6.45) is 2.28. The lowest BCUT2D eigenvalue weighted by molar-refractivity contribution is -0.117. The first-order valence-electron chi connectivity index (χ1n) is 8.88. The number of benzene rings is 2. The Kier molecular flexibility index (Phi) is 5.55. The highest BCUT2D eigenvalue weighted by atomic mass is 35.5. The first-order valence-corrected chi connectivity index (χ1v) is 10.5. The number of halogens is 1. The first kappa shape index (κ1) is 19.5. The van der Waals surface area contributed by atoms with Crippen molar-refractivity contribution < 1.29 is 14.0 Å². The summed E-state index contributed by atoms with van der Waals surface area (Å²) in [6, 6.07) is 14.3. The molecule has 1 N–H and O–H groups in total. The summed E-state index contributed by atoms with van der Waals surface area (Å²) in [4.78, 5) is 27.6. The summed E-state index contributed by atoms with van der Waals surface area (Å²) in [5.74, 6) is -0.281. The van der Waals surface area contributed by atoms with Gasteiger partial charge in [-0.15, -0.1) is 16.9 Å². The first-order chi connectivity index (χ1) is 14.0. The van der Waals surface area contributed by atoms with Crippen LogP contribution in [0.3, 0.4) is 0 Å². The van der Waals surface area contributed by atoms with Crippen LogP contribution in [0.5, 0.6) is 0 Å². The highest BCUT2D eigenvalue weighted by molar-refractivity contribution is 7.98. The van der Waals surface area contributed by atoms with E-state index in [1.165, 1.54) is 0 Å². The monoisotopic (exact) mass is 428 g/mol. The van der Waals surface area contributed by atoms with Crippen molar-refractivity contribution in [1.29, 1.82) is 0 Å². The predicted molar refractivity (Wildman–Crippen MR) is 112 cm³/mol. The number of nitrogens with one attached hydrogen (secondary N) is 1. The van der Waals surface area contributed by atoms with Crippen LogP contribution in [0.25, 0.3) is 0 Å². The van der Waals surface area contributed by atoms with Gasteiger partial charge in [0.15, 0.2) is 0 Å². The maximum Gasteiger partial charge on any atom is 0.322 e. The molecule has 1 aromatic heterocycles. The Morgan fingerprint density at radius 3 is 2.59 bits per heavy atom. The number of anilines is 2. The Morgan fingerprint density at radius 2 is 1.90 bits per heavy atom.